The van der Waals surface area contributed by atoms with E-state index in [0.717, 1.165) is 26.3 Å². The topological polar surface area (TPSA) is 65.1 Å². The Morgan fingerprint density at radius 1 is 0.955 bits per heavy atom. The normalized spacial score (nSPS) is 15.5. The third kappa shape index (κ3) is 11.5. The summed E-state index contributed by atoms with van der Waals surface area (Å²) in [5.41, 5.74) is 0. The first-order valence-corrected chi connectivity index (χ1v) is 7.92. The third-order valence-electron chi connectivity index (χ3n) is 2.65. The van der Waals surface area contributed by atoms with Crippen LogP contribution in [0.15, 0.2) is 0 Å². The van der Waals surface area contributed by atoms with Crippen LogP contribution in [0.1, 0.15) is 41.5 Å². The smallest absolute Gasteiger partial charge is 0.320 e. The van der Waals surface area contributed by atoms with Gasteiger partial charge in [-0.25, -0.2) is 0 Å². The summed E-state index contributed by atoms with van der Waals surface area (Å²) in [4.78, 5) is 24.0. The molecule has 1 rings (SSSR count). The van der Waals surface area contributed by atoms with Crippen LogP contribution in [0.3, 0.4) is 0 Å². The summed E-state index contributed by atoms with van der Waals surface area (Å²) in [6, 6.07) is 0. The second kappa shape index (κ2) is 11.4. The van der Waals surface area contributed by atoms with E-state index in [4.69, 9.17) is 14.2 Å². The number of nitrogens with zero attached hydrogens (tertiary/aromatic N) is 1. The Labute approximate surface area is 134 Å². The largest absolute Gasteiger partial charge is 0.463 e. The minimum Gasteiger partial charge on any atom is -0.463 e. The van der Waals surface area contributed by atoms with Gasteiger partial charge in [-0.3, -0.25) is 14.5 Å². The first kappa shape index (κ1) is 20.9. The lowest BCUT2D eigenvalue weighted by molar-refractivity contribution is -0.151. The molecule has 0 aliphatic carbocycles. The number of morpholine rings is 1. The fraction of sp³-hybridized carbons (Fsp3) is 0.875. The van der Waals surface area contributed by atoms with Crippen molar-refractivity contribution >= 4 is 11.9 Å². The molecule has 1 fully saturated rings. The molecular formula is C16H31NO5. The van der Waals surface area contributed by atoms with Crippen LogP contribution in [-0.2, 0) is 23.8 Å². The van der Waals surface area contributed by atoms with Gasteiger partial charge in [-0.2, -0.15) is 0 Å². The second-order valence-electron chi connectivity index (χ2n) is 6.07. The van der Waals surface area contributed by atoms with Crippen LogP contribution >= 0.6 is 0 Å². The lowest BCUT2D eigenvalue weighted by Gasteiger charge is -2.25. The summed E-state index contributed by atoms with van der Waals surface area (Å²) >= 11 is 0. The minimum atomic E-state index is -0.142. The highest BCUT2D eigenvalue weighted by Gasteiger charge is 2.15. The summed E-state index contributed by atoms with van der Waals surface area (Å²) in [5.74, 6) is -0.269. The molecule has 0 atom stereocenters. The van der Waals surface area contributed by atoms with E-state index in [2.05, 4.69) is 0 Å². The van der Waals surface area contributed by atoms with Crippen molar-refractivity contribution in [2.24, 2.45) is 5.92 Å². The van der Waals surface area contributed by atoms with Crippen molar-refractivity contribution in [2.45, 2.75) is 53.8 Å². The zero-order valence-corrected chi connectivity index (χ0v) is 14.8. The summed E-state index contributed by atoms with van der Waals surface area (Å²) in [6.45, 7) is 14.5. The van der Waals surface area contributed by atoms with Gasteiger partial charge in [0.15, 0.2) is 0 Å². The molecule has 0 aromatic rings. The Morgan fingerprint density at radius 3 is 1.82 bits per heavy atom. The van der Waals surface area contributed by atoms with Gasteiger partial charge in [0.25, 0.3) is 0 Å². The molecule has 1 aliphatic rings. The molecule has 0 N–H and O–H groups in total. The fourth-order valence-corrected chi connectivity index (χ4v) is 1.61. The van der Waals surface area contributed by atoms with Crippen molar-refractivity contribution in [1.82, 2.24) is 4.90 Å². The van der Waals surface area contributed by atoms with E-state index in [-0.39, 0.29) is 30.1 Å². The standard InChI is InChI=1S/C9H17NO3.C7H14O2/c1-8(2)13-9(11)7-10-3-5-12-6-4-10;1-5(2)7(8)9-6(3)4/h8H,3-7H2,1-2H3;5-6H,1-4H3. The second-order valence-corrected chi connectivity index (χ2v) is 6.07. The maximum atomic E-state index is 11.2. The molecule has 0 saturated carbocycles. The first-order valence-electron chi connectivity index (χ1n) is 7.92. The number of ether oxygens (including phenoxy) is 3. The molecule has 0 radical (unpaired) electrons. The van der Waals surface area contributed by atoms with Crippen LogP contribution in [0.25, 0.3) is 0 Å². The number of carbonyl (C=O) groups excluding carboxylic acids is 2. The molecule has 1 saturated heterocycles. The lowest BCUT2D eigenvalue weighted by atomic mass is 10.2. The van der Waals surface area contributed by atoms with Crippen LogP contribution in [0.4, 0.5) is 0 Å². The monoisotopic (exact) mass is 317 g/mol. The van der Waals surface area contributed by atoms with E-state index in [1.807, 2.05) is 46.4 Å². The molecule has 1 heterocycles. The predicted octanol–water partition coefficient (Wildman–Crippen LogP) is 1.86. The van der Waals surface area contributed by atoms with Gasteiger partial charge in [0.05, 0.1) is 37.9 Å². The maximum absolute atomic E-state index is 11.2. The van der Waals surface area contributed by atoms with Crippen LogP contribution in [-0.4, -0.2) is 61.9 Å². The van der Waals surface area contributed by atoms with Crippen molar-refractivity contribution in [3.63, 3.8) is 0 Å². The lowest BCUT2D eigenvalue weighted by Crippen LogP contribution is -2.40. The van der Waals surface area contributed by atoms with Crippen molar-refractivity contribution in [2.75, 3.05) is 32.8 Å². The van der Waals surface area contributed by atoms with Crippen LogP contribution in [0.2, 0.25) is 0 Å². The van der Waals surface area contributed by atoms with Gasteiger partial charge >= 0.3 is 11.9 Å². The first-order chi connectivity index (χ1) is 10.2. The van der Waals surface area contributed by atoms with Crippen LogP contribution in [0, 0.1) is 5.92 Å². The van der Waals surface area contributed by atoms with Gasteiger partial charge in [0.1, 0.15) is 0 Å². The van der Waals surface area contributed by atoms with E-state index >= 15 is 0 Å². The highest BCUT2D eigenvalue weighted by atomic mass is 16.5. The molecule has 1 aliphatic heterocycles. The fourth-order valence-electron chi connectivity index (χ4n) is 1.61. The van der Waals surface area contributed by atoms with Gasteiger partial charge < -0.3 is 14.2 Å². The Hall–Kier alpha value is -1.14. The predicted molar refractivity (Wildman–Crippen MR) is 84.6 cm³/mol. The summed E-state index contributed by atoms with van der Waals surface area (Å²) in [5, 5.41) is 0. The zero-order valence-electron chi connectivity index (χ0n) is 14.8. The number of rotatable bonds is 5. The summed E-state index contributed by atoms with van der Waals surface area (Å²) < 4.78 is 15.1. The van der Waals surface area contributed by atoms with E-state index in [1.165, 1.54) is 0 Å². The van der Waals surface area contributed by atoms with Gasteiger partial charge in [-0.15, -0.1) is 0 Å². The van der Waals surface area contributed by atoms with Gasteiger partial charge in [0, 0.05) is 13.1 Å². The van der Waals surface area contributed by atoms with Gasteiger partial charge in [-0.05, 0) is 27.7 Å². The molecule has 6 heteroatoms. The molecule has 0 bridgehead atoms. The molecule has 0 aromatic carbocycles. The quantitative estimate of drug-likeness (QED) is 0.721. The molecule has 22 heavy (non-hydrogen) atoms. The Bertz CT molecular complexity index is 322. The van der Waals surface area contributed by atoms with E-state index < -0.39 is 0 Å². The molecular weight excluding hydrogens is 286 g/mol. The average Bonchev–Trinajstić information content (AvgIpc) is 2.38. The minimum absolute atomic E-state index is 0.00704. The van der Waals surface area contributed by atoms with E-state index in [0.29, 0.717) is 6.54 Å². The van der Waals surface area contributed by atoms with E-state index in [1.54, 1.807) is 0 Å². The summed E-state index contributed by atoms with van der Waals surface area (Å²) in [7, 11) is 0. The molecule has 130 valence electrons. The van der Waals surface area contributed by atoms with Gasteiger partial charge in [0.2, 0.25) is 0 Å². The number of carbonyl (C=O) groups is 2. The van der Waals surface area contributed by atoms with Crippen LogP contribution < -0.4 is 0 Å². The highest BCUT2D eigenvalue weighted by molar-refractivity contribution is 5.72. The number of esters is 2. The number of hydrogen-bond acceptors (Lipinski definition) is 6. The average molecular weight is 317 g/mol. The maximum Gasteiger partial charge on any atom is 0.320 e. The SMILES string of the molecule is CC(C)OC(=O)C(C)C.CC(C)OC(=O)CN1CCOCC1. The molecule has 0 amide bonds. The van der Waals surface area contributed by atoms with Crippen LogP contribution in [0.5, 0.6) is 0 Å². The van der Waals surface area contributed by atoms with Crippen molar-refractivity contribution < 1.29 is 23.8 Å². The van der Waals surface area contributed by atoms with E-state index in [9.17, 15) is 9.59 Å². The highest BCUT2D eigenvalue weighted by Crippen LogP contribution is 1.99. The Morgan fingerprint density at radius 2 is 1.45 bits per heavy atom. The molecule has 6 nitrogen and oxygen atoms in total. The number of hydrogen-bond donors (Lipinski definition) is 0. The molecule has 0 unspecified atom stereocenters. The Balaban J connectivity index is 0.000000433. The third-order valence-corrected chi connectivity index (χ3v) is 2.65. The zero-order chi connectivity index (χ0) is 17.1. The van der Waals surface area contributed by atoms with Crippen molar-refractivity contribution in [1.29, 1.82) is 0 Å². The Kier molecular flexibility index (Phi) is 10.8. The van der Waals surface area contributed by atoms with Crippen molar-refractivity contribution in [3.8, 4) is 0 Å². The van der Waals surface area contributed by atoms with Gasteiger partial charge in [-0.1, -0.05) is 13.8 Å². The summed E-state index contributed by atoms with van der Waals surface area (Å²) in [6.07, 6.45) is -0.00607. The molecule has 0 spiro atoms. The molecule has 0 aromatic heterocycles. The van der Waals surface area contributed by atoms with Crippen molar-refractivity contribution in [3.05, 3.63) is 0 Å².